The second-order valence-electron chi connectivity index (χ2n) is 4.65. The third-order valence-electron chi connectivity index (χ3n) is 2.62. The summed E-state index contributed by atoms with van der Waals surface area (Å²) in [5.41, 5.74) is 0. The van der Waals surface area contributed by atoms with Gasteiger partial charge in [-0.3, -0.25) is 9.59 Å². The van der Waals surface area contributed by atoms with Crippen molar-refractivity contribution in [2.75, 3.05) is 6.61 Å². The van der Waals surface area contributed by atoms with Gasteiger partial charge in [-0.2, -0.15) is 22.0 Å². The Morgan fingerprint density at radius 2 is 1.67 bits per heavy atom. The van der Waals surface area contributed by atoms with Gasteiger partial charge >= 0.3 is 24.0 Å². The SMILES string of the molecule is O=C(CCCC(=O)Oc1cccc(Cl)c1)OCC(F)(F)C(F)(F)F. The standard InChI is InChI=1S/C14H12ClF5O4/c15-9-3-1-4-10(7-9)24-12(22)6-2-5-11(21)23-8-13(16,17)14(18,19)20/h1,3-4,7H,2,5-6,8H2. The molecule has 0 fully saturated rings. The van der Waals surface area contributed by atoms with Crippen molar-refractivity contribution >= 4 is 23.5 Å². The minimum atomic E-state index is -5.80. The molecule has 0 bridgehead atoms. The van der Waals surface area contributed by atoms with Crippen molar-refractivity contribution in [3.05, 3.63) is 29.3 Å². The molecule has 0 aliphatic carbocycles. The molecule has 1 aromatic carbocycles. The molecule has 0 aromatic heterocycles. The number of alkyl halides is 5. The maximum absolute atomic E-state index is 12.5. The van der Waals surface area contributed by atoms with Gasteiger partial charge < -0.3 is 9.47 Å². The third-order valence-corrected chi connectivity index (χ3v) is 2.85. The Balaban J connectivity index is 2.29. The molecule has 0 unspecified atom stereocenters. The number of hydrogen-bond donors (Lipinski definition) is 0. The Kier molecular flexibility index (Phi) is 6.94. The molecule has 0 saturated carbocycles. The van der Waals surface area contributed by atoms with Gasteiger partial charge in [-0.1, -0.05) is 17.7 Å². The van der Waals surface area contributed by atoms with Crippen molar-refractivity contribution in [3.63, 3.8) is 0 Å². The first-order valence-electron chi connectivity index (χ1n) is 6.58. The summed E-state index contributed by atoms with van der Waals surface area (Å²) < 4.78 is 69.4. The number of carbonyl (C=O) groups excluding carboxylic acids is 2. The van der Waals surface area contributed by atoms with Crippen molar-refractivity contribution < 1.29 is 41.0 Å². The van der Waals surface area contributed by atoms with E-state index in [-0.39, 0.29) is 18.6 Å². The summed E-state index contributed by atoms with van der Waals surface area (Å²) in [4.78, 5) is 22.6. The Labute approximate surface area is 138 Å². The van der Waals surface area contributed by atoms with Crippen LogP contribution in [0.2, 0.25) is 5.02 Å². The topological polar surface area (TPSA) is 52.6 Å². The first-order valence-corrected chi connectivity index (χ1v) is 6.95. The van der Waals surface area contributed by atoms with Crippen molar-refractivity contribution in [1.82, 2.24) is 0 Å². The van der Waals surface area contributed by atoms with Crippen LogP contribution in [-0.4, -0.2) is 30.6 Å². The van der Waals surface area contributed by atoms with Crippen LogP contribution in [0.1, 0.15) is 19.3 Å². The first-order chi connectivity index (χ1) is 11.0. The molecule has 24 heavy (non-hydrogen) atoms. The van der Waals surface area contributed by atoms with Crippen LogP contribution in [0.3, 0.4) is 0 Å². The minimum Gasteiger partial charge on any atom is -0.459 e. The zero-order chi connectivity index (χ0) is 18.4. The van der Waals surface area contributed by atoms with Crippen LogP contribution in [0.5, 0.6) is 5.75 Å². The molecule has 1 rings (SSSR count). The molecule has 4 nitrogen and oxygen atoms in total. The Morgan fingerprint density at radius 3 is 2.25 bits per heavy atom. The van der Waals surface area contributed by atoms with Gasteiger partial charge in [-0.05, 0) is 24.6 Å². The molecule has 0 radical (unpaired) electrons. The highest BCUT2D eigenvalue weighted by Gasteiger charge is 2.58. The summed E-state index contributed by atoms with van der Waals surface area (Å²) in [6.45, 7) is -2.09. The van der Waals surface area contributed by atoms with Crippen LogP contribution in [0.15, 0.2) is 24.3 Å². The molecule has 0 spiro atoms. The maximum atomic E-state index is 12.5. The molecule has 1 aromatic rings. The van der Waals surface area contributed by atoms with E-state index in [0.29, 0.717) is 5.02 Å². The fourth-order valence-electron chi connectivity index (χ4n) is 1.42. The average molecular weight is 375 g/mol. The minimum absolute atomic E-state index is 0.129. The van der Waals surface area contributed by atoms with E-state index in [2.05, 4.69) is 4.74 Å². The van der Waals surface area contributed by atoms with Crippen LogP contribution >= 0.6 is 11.6 Å². The Bertz CT molecular complexity index is 589. The summed E-state index contributed by atoms with van der Waals surface area (Å²) in [6, 6.07) is 5.96. The predicted molar refractivity (Wildman–Crippen MR) is 72.9 cm³/mol. The second kappa shape index (κ2) is 8.27. The second-order valence-corrected chi connectivity index (χ2v) is 5.08. The highest BCUT2D eigenvalue weighted by atomic mass is 35.5. The predicted octanol–water partition coefficient (Wildman–Crippen LogP) is 4.16. The van der Waals surface area contributed by atoms with E-state index in [9.17, 15) is 31.5 Å². The van der Waals surface area contributed by atoms with E-state index in [1.807, 2.05) is 0 Å². The third kappa shape index (κ3) is 6.69. The summed E-state index contributed by atoms with van der Waals surface area (Å²) >= 11 is 5.68. The van der Waals surface area contributed by atoms with Gasteiger partial charge in [0.15, 0.2) is 6.61 Å². The van der Waals surface area contributed by atoms with Crippen LogP contribution in [0.4, 0.5) is 22.0 Å². The van der Waals surface area contributed by atoms with E-state index in [1.54, 1.807) is 12.1 Å². The van der Waals surface area contributed by atoms with Crippen molar-refractivity contribution in [2.45, 2.75) is 31.4 Å². The number of ether oxygens (including phenoxy) is 2. The number of rotatable bonds is 7. The zero-order valence-electron chi connectivity index (χ0n) is 12.0. The normalized spacial score (nSPS) is 11.9. The Morgan fingerprint density at radius 1 is 1.04 bits per heavy atom. The quantitative estimate of drug-likeness (QED) is 0.408. The lowest BCUT2D eigenvalue weighted by molar-refractivity contribution is -0.294. The summed E-state index contributed by atoms with van der Waals surface area (Å²) in [6.07, 6.45) is -6.68. The lowest BCUT2D eigenvalue weighted by atomic mass is 10.2. The number of hydrogen-bond acceptors (Lipinski definition) is 4. The zero-order valence-corrected chi connectivity index (χ0v) is 12.8. The highest BCUT2D eigenvalue weighted by Crippen LogP contribution is 2.35. The number of carbonyl (C=O) groups is 2. The van der Waals surface area contributed by atoms with E-state index < -0.39 is 37.1 Å². The van der Waals surface area contributed by atoms with Crippen LogP contribution < -0.4 is 4.74 Å². The fraction of sp³-hybridized carbons (Fsp3) is 0.429. The first kappa shape index (κ1) is 20.1. The monoisotopic (exact) mass is 374 g/mol. The van der Waals surface area contributed by atoms with Gasteiger partial charge in [0.2, 0.25) is 0 Å². The average Bonchev–Trinajstić information content (AvgIpc) is 2.44. The van der Waals surface area contributed by atoms with Crippen molar-refractivity contribution in [2.24, 2.45) is 0 Å². The summed E-state index contributed by atoms with van der Waals surface area (Å²) in [5, 5.41) is 0.342. The smallest absolute Gasteiger partial charge is 0.456 e. The van der Waals surface area contributed by atoms with Crippen molar-refractivity contribution in [3.8, 4) is 5.75 Å². The van der Waals surface area contributed by atoms with Gasteiger partial charge in [0.1, 0.15) is 5.75 Å². The van der Waals surface area contributed by atoms with Crippen molar-refractivity contribution in [1.29, 1.82) is 0 Å². The lowest BCUT2D eigenvalue weighted by Gasteiger charge is -2.18. The molecule has 0 aliphatic heterocycles. The summed E-state index contributed by atoms with van der Waals surface area (Å²) in [5.74, 6) is -6.92. The van der Waals surface area contributed by atoms with E-state index in [0.717, 1.165) is 0 Å². The molecular formula is C14H12ClF5O4. The summed E-state index contributed by atoms with van der Waals surface area (Å²) in [7, 11) is 0. The fourth-order valence-corrected chi connectivity index (χ4v) is 1.60. The Hall–Kier alpha value is -1.90. The molecule has 0 heterocycles. The van der Waals surface area contributed by atoms with Gasteiger partial charge in [0, 0.05) is 17.9 Å². The van der Waals surface area contributed by atoms with Gasteiger partial charge in [0.05, 0.1) is 0 Å². The molecule has 0 amide bonds. The number of halogens is 6. The molecule has 0 aliphatic rings. The molecule has 0 saturated heterocycles. The molecule has 10 heteroatoms. The van der Waals surface area contributed by atoms with Gasteiger partial charge in [-0.25, -0.2) is 0 Å². The lowest BCUT2D eigenvalue weighted by Crippen LogP contribution is -2.41. The van der Waals surface area contributed by atoms with E-state index in [1.165, 1.54) is 12.1 Å². The van der Waals surface area contributed by atoms with Crippen LogP contribution in [-0.2, 0) is 14.3 Å². The molecular weight excluding hydrogens is 363 g/mol. The van der Waals surface area contributed by atoms with E-state index >= 15 is 0 Å². The number of benzene rings is 1. The van der Waals surface area contributed by atoms with E-state index in [4.69, 9.17) is 16.3 Å². The van der Waals surface area contributed by atoms with Crippen LogP contribution in [0, 0.1) is 0 Å². The highest BCUT2D eigenvalue weighted by molar-refractivity contribution is 6.30. The van der Waals surface area contributed by atoms with Gasteiger partial charge in [-0.15, -0.1) is 0 Å². The maximum Gasteiger partial charge on any atom is 0.456 e. The molecule has 0 atom stereocenters. The molecule has 134 valence electrons. The number of esters is 2. The van der Waals surface area contributed by atoms with Gasteiger partial charge in [0.25, 0.3) is 0 Å². The van der Waals surface area contributed by atoms with Crippen LogP contribution in [0.25, 0.3) is 0 Å². The molecule has 0 N–H and O–H groups in total. The largest absolute Gasteiger partial charge is 0.459 e.